The zero-order valence-corrected chi connectivity index (χ0v) is 17.0. The molecule has 1 aliphatic rings. The van der Waals surface area contributed by atoms with Crippen LogP contribution in [0.25, 0.3) is 10.2 Å². The lowest BCUT2D eigenvalue weighted by Gasteiger charge is -2.29. The summed E-state index contributed by atoms with van der Waals surface area (Å²) >= 11 is 7.52. The lowest BCUT2D eigenvalue weighted by atomic mass is 10.1. The van der Waals surface area contributed by atoms with Crippen LogP contribution in [-0.4, -0.2) is 36.4 Å². The van der Waals surface area contributed by atoms with Crippen molar-refractivity contribution in [1.29, 1.82) is 0 Å². The average molecular weight is 419 g/mol. The number of carbonyl (C=O) groups excluding carboxylic acids is 1. The number of fused-ring (bicyclic) bond motifs is 2. The van der Waals surface area contributed by atoms with Gasteiger partial charge in [0.05, 0.1) is 16.8 Å². The summed E-state index contributed by atoms with van der Waals surface area (Å²) in [5.74, 6) is 0.793. The Bertz CT molecular complexity index is 1090. The first kappa shape index (κ1) is 19.0. The molecule has 1 amide bonds. The van der Waals surface area contributed by atoms with Crippen LogP contribution in [0, 0.1) is 0 Å². The SMILES string of the molecule is COCCn1c(=NC(=O)C2Oc3ccccc3OC2C)sc2cc(Cl)ccc21. The van der Waals surface area contributed by atoms with Crippen LogP contribution >= 0.6 is 22.9 Å². The van der Waals surface area contributed by atoms with Crippen LogP contribution in [0.2, 0.25) is 5.02 Å². The van der Waals surface area contributed by atoms with Crippen molar-refractivity contribution in [3.8, 4) is 11.5 Å². The van der Waals surface area contributed by atoms with Crippen LogP contribution in [0.3, 0.4) is 0 Å². The van der Waals surface area contributed by atoms with Gasteiger partial charge in [-0.3, -0.25) is 4.79 Å². The standard InChI is InChI=1S/C20H19ClN2O4S/c1-12-18(27-16-6-4-3-5-15(16)26-12)19(24)22-20-23(9-10-25-2)14-8-7-13(21)11-17(14)28-20/h3-8,11-12,18H,9-10H2,1-2H3. The maximum Gasteiger partial charge on any atom is 0.293 e. The molecule has 8 heteroatoms. The van der Waals surface area contributed by atoms with E-state index in [2.05, 4.69) is 4.99 Å². The number of para-hydroxylation sites is 2. The molecule has 0 radical (unpaired) electrons. The number of halogens is 1. The molecule has 0 saturated carbocycles. The molecular formula is C20H19ClN2O4S. The Labute approximate surface area is 170 Å². The fourth-order valence-corrected chi connectivity index (χ4v) is 4.42. The minimum Gasteiger partial charge on any atom is -0.482 e. The number of amides is 1. The largest absolute Gasteiger partial charge is 0.482 e. The third-order valence-electron chi connectivity index (χ3n) is 4.46. The van der Waals surface area contributed by atoms with Crippen molar-refractivity contribution >= 4 is 39.1 Å². The topological polar surface area (TPSA) is 62.1 Å². The molecule has 2 heterocycles. The Morgan fingerprint density at radius 2 is 2.00 bits per heavy atom. The molecule has 4 rings (SSSR count). The molecule has 28 heavy (non-hydrogen) atoms. The van der Waals surface area contributed by atoms with E-state index in [-0.39, 0.29) is 5.91 Å². The number of aromatic nitrogens is 1. The molecule has 0 fully saturated rings. The third-order valence-corrected chi connectivity index (χ3v) is 5.73. The predicted molar refractivity (Wildman–Crippen MR) is 108 cm³/mol. The lowest BCUT2D eigenvalue weighted by Crippen LogP contribution is -2.43. The van der Waals surface area contributed by atoms with E-state index in [1.807, 2.05) is 41.0 Å². The van der Waals surface area contributed by atoms with Gasteiger partial charge in [-0.1, -0.05) is 35.1 Å². The van der Waals surface area contributed by atoms with Crippen molar-refractivity contribution in [2.45, 2.75) is 25.7 Å². The number of thiazole rings is 1. The van der Waals surface area contributed by atoms with Gasteiger partial charge in [-0.25, -0.2) is 0 Å². The highest BCUT2D eigenvalue weighted by molar-refractivity contribution is 7.16. The predicted octanol–water partition coefficient (Wildman–Crippen LogP) is 3.66. The van der Waals surface area contributed by atoms with Crippen molar-refractivity contribution in [2.24, 2.45) is 4.99 Å². The first-order valence-corrected chi connectivity index (χ1v) is 10.0. The number of hydrogen-bond donors (Lipinski definition) is 0. The molecule has 3 aromatic rings. The Morgan fingerprint density at radius 1 is 1.25 bits per heavy atom. The van der Waals surface area contributed by atoms with Crippen LogP contribution in [0.1, 0.15) is 6.92 Å². The Balaban J connectivity index is 1.71. The van der Waals surface area contributed by atoms with Gasteiger partial charge in [0.1, 0.15) is 6.10 Å². The van der Waals surface area contributed by atoms with E-state index < -0.39 is 12.2 Å². The maximum absolute atomic E-state index is 12.9. The molecule has 1 aliphatic heterocycles. The molecule has 0 aliphatic carbocycles. The van der Waals surface area contributed by atoms with Gasteiger partial charge >= 0.3 is 0 Å². The summed E-state index contributed by atoms with van der Waals surface area (Å²) in [6.45, 7) is 2.88. The number of methoxy groups -OCH3 is 1. The maximum atomic E-state index is 12.9. The summed E-state index contributed by atoms with van der Waals surface area (Å²) in [6, 6.07) is 12.9. The summed E-state index contributed by atoms with van der Waals surface area (Å²) < 4.78 is 19.8. The summed E-state index contributed by atoms with van der Waals surface area (Å²) in [5.41, 5.74) is 0.956. The van der Waals surface area contributed by atoms with Crippen molar-refractivity contribution < 1.29 is 19.0 Å². The molecule has 0 N–H and O–H groups in total. The van der Waals surface area contributed by atoms with E-state index in [0.29, 0.717) is 34.5 Å². The number of carbonyl (C=O) groups is 1. The van der Waals surface area contributed by atoms with Gasteiger partial charge in [-0.2, -0.15) is 4.99 Å². The molecule has 0 spiro atoms. The van der Waals surface area contributed by atoms with Crippen LogP contribution < -0.4 is 14.3 Å². The molecule has 146 valence electrons. The zero-order chi connectivity index (χ0) is 19.7. The highest BCUT2D eigenvalue weighted by atomic mass is 35.5. The van der Waals surface area contributed by atoms with Gasteiger partial charge in [-0.15, -0.1) is 0 Å². The van der Waals surface area contributed by atoms with Gasteiger partial charge in [0, 0.05) is 18.7 Å². The van der Waals surface area contributed by atoms with Crippen LogP contribution in [0.5, 0.6) is 11.5 Å². The van der Waals surface area contributed by atoms with E-state index in [0.717, 1.165) is 10.2 Å². The summed E-state index contributed by atoms with van der Waals surface area (Å²) in [5, 5.41) is 0.639. The van der Waals surface area contributed by atoms with Gasteiger partial charge in [0.15, 0.2) is 16.3 Å². The number of benzene rings is 2. The fourth-order valence-electron chi connectivity index (χ4n) is 3.08. The van der Waals surface area contributed by atoms with E-state index in [1.165, 1.54) is 11.3 Å². The van der Waals surface area contributed by atoms with Crippen molar-refractivity contribution in [3.05, 3.63) is 52.3 Å². The van der Waals surface area contributed by atoms with Crippen molar-refractivity contribution in [1.82, 2.24) is 4.57 Å². The number of hydrogen-bond acceptors (Lipinski definition) is 5. The first-order valence-electron chi connectivity index (χ1n) is 8.85. The lowest BCUT2D eigenvalue weighted by molar-refractivity contribution is -0.130. The quantitative estimate of drug-likeness (QED) is 0.648. The molecular weight excluding hydrogens is 400 g/mol. The second kappa shape index (κ2) is 7.95. The van der Waals surface area contributed by atoms with Gasteiger partial charge in [-0.05, 0) is 37.3 Å². The van der Waals surface area contributed by atoms with E-state index in [1.54, 1.807) is 20.1 Å². The molecule has 2 aromatic carbocycles. The van der Waals surface area contributed by atoms with Crippen LogP contribution in [0.4, 0.5) is 0 Å². The molecule has 0 saturated heterocycles. The Kier molecular flexibility index (Phi) is 5.39. The third kappa shape index (κ3) is 3.65. The number of rotatable bonds is 4. The van der Waals surface area contributed by atoms with E-state index >= 15 is 0 Å². The van der Waals surface area contributed by atoms with Crippen molar-refractivity contribution in [3.63, 3.8) is 0 Å². The minimum absolute atomic E-state index is 0.383. The van der Waals surface area contributed by atoms with Crippen LogP contribution in [-0.2, 0) is 16.1 Å². The first-order chi connectivity index (χ1) is 13.6. The molecule has 2 unspecified atom stereocenters. The molecule has 1 aromatic heterocycles. The smallest absolute Gasteiger partial charge is 0.293 e. The molecule has 0 bridgehead atoms. The summed E-state index contributed by atoms with van der Waals surface area (Å²) in [4.78, 5) is 17.9. The van der Waals surface area contributed by atoms with E-state index in [4.69, 9.17) is 25.8 Å². The minimum atomic E-state index is -0.806. The van der Waals surface area contributed by atoms with Gasteiger partial charge in [0.25, 0.3) is 5.91 Å². The monoisotopic (exact) mass is 418 g/mol. The summed E-state index contributed by atoms with van der Waals surface area (Å²) in [6.07, 6.45) is -1.25. The van der Waals surface area contributed by atoms with E-state index in [9.17, 15) is 4.79 Å². The Morgan fingerprint density at radius 3 is 2.75 bits per heavy atom. The Hall–Kier alpha value is -2.35. The average Bonchev–Trinajstić information content (AvgIpc) is 3.01. The normalized spacial score (nSPS) is 19.2. The second-order valence-electron chi connectivity index (χ2n) is 6.40. The highest BCUT2D eigenvalue weighted by Crippen LogP contribution is 2.33. The zero-order valence-electron chi connectivity index (χ0n) is 15.4. The van der Waals surface area contributed by atoms with Gasteiger partial charge < -0.3 is 18.8 Å². The number of nitrogens with zero attached hydrogens (tertiary/aromatic N) is 2. The summed E-state index contributed by atoms with van der Waals surface area (Å²) in [7, 11) is 1.64. The van der Waals surface area contributed by atoms with Crippen LogP contribution in [0.15, 0.2) is 47.5 Å². The molecule has 6 nitrogen and oxygen atoms in total. The fraction of sp³-hybridized carbons (Fsp3) is 0.300. The van der Waals surface area contributed by atoms with Gasteiger partial charge in [0.2, 0.25) is 6.10 Å². The van der Waals surface area contributed by atoms with Crippen molar-refractivity contribution in [2.75, 3.05) is 13.7 Å². The highest BCUT2D eigenvalue weighted by Gasteiger charge is 2.34. The molecule has 2 atom stereocenters. The second-order valence-corrected chi connectivity index (χ2v) is 7.84. The number of ether oxygens (including phenoxy) is 3.